The molecule has 1 aliphatic rings. The van der Waals surface area contributed by atoms with Crippen LogP contribution in [0.1, 0.15) is 47.5 Å². The number of hydrogen-bond donors (Lipinski definition) is 1. The van der Waals surface area contributed by atoms with Gasteiger partial charge in [0.15, 0.2) is 11.5 Å². The maximum absolute atomic E-state index is 14.1. The fourth-order valence-electron chi connectivity index (χ4n) is 5.23. The molecule has 0 saturated carbocycles. The first-order chi connectivity index (χ1) is 20.3. The smallest absolute Gasteiger partial charge is 0.435 e. The van der Waals surface area contributed by atoms with Crippen LogP contribution in [0.2, 0.25) is 0 Å². The van der Waals surface area contributed by atoms with Gasteiger partial charge in [0.1, 0.15) is 0 Å². The Labute approximate surface area is 243 Å². The van der Waals surface area contributed by atoms with Crippen molar-refractivity contribution in [3.8, 4) is 11.1 Å². The lowest BCUT2D eigenvalue weighted by Gasteiger charge is -2.34. The predicted molar refractivity (Wildman–Crippen MR) is 155 cm³/mol. The van der Waals surface area contributed by atoms with Crippen molar-refractivity contribution in [3.05, 3.63) is 66.2 Å². The maximum atomic E-state index is 14.1. The van der Waals surface area contributed by atoms with Crippen molar-refractivity contribution in [1.82, 2.24) is 24.6 Å². The van der Waals surface area contributed by atoms with Crippen LogP contribution >= 0.6 is 0 Å². The molecule has 4 aromatic rings. The molecule has 0 bridgehead atoms. The minimum absolute atomic E-state index is 0.0579. The monoisotopic (exact) mass is 574 g/mol. The average Bonchev–Trinajstić information content (AvgIpc) is 3.56. The number of benzene rings is 1. The van der Waals surface area contributed by atoms with Crippen LogP contribution in [0.4, 0.5) is 10.6 Å². The van der Waals surface area contributed by atoms with Crippen LogP contribution in [0.15, 0.2) is 55.0 Å². The van der Waals surface area contributed by atoms with Gasteiger partial charge < -0.3 is 24.1 Å². The van der Waals surface area contributed by atoms with Crippen LogP contribution in [-0.2, 0) is 28.3 Å². The summed E-state index contributed by atoms with van der Waals surface area (Å²) in [5.74, 6) is -0.258. The second-order valence-corrected chi connectivity index (χ2v) is 10.1. The first kappa shape index (κ1) is 28.8. The summed E-state index contributed by atoms with van der Waals surface area (Å²) in [4.78, 5) is 45.2. The van der Waals surface area contributed by atoms with E-state index in [0.717, 1.165) is 30.3 Å². The van der Waals surface area contributed by atoms with E-state index in [9.17, 15) is 14.4 Å². The largest absolute Gasteiger partial charge is 0.511 e. The van der Waals surface area contributed by atoms with Crippen molar-refractivity contribution in [1.29, 1.82) is 0 Å². The van der Waals surface area contributed by atoms with E-state index in [2.05, 4.69) is 15.4 Å². The summed E-state index contributed by atoms with van der Waals surface area (Å²) in [5, 5.41) is 8.64. The van der Waals surface area contributed by atoms with Gasteiger partial charge in [0.2, 0.25) is 6.29 Å². The van der Waals surface area contributed by atoms with Gasteiger partial charge in [-0.15, -0.1) is 0 Å². The SMILES string of the molecule is CCOC(=O)OC(C)OC(=O)c1c(-c2ccc(C(=O)N(c3nccc4ccn(C)c34)[C@@H]3CCCNC3)cc2)cnn1C. The van der Waals surface area contributed by atoms with E-state index >= 15 is 0 Å². The number of anilines is 1. The molecule has 42 heavy (non-hydrogen) atoms. The number of nitrogens with zero attached hydrogens (tertiary/aromatic N) is 5. The molecule has 2 atom stereocenters. The van der Waals surface area contributed by atoms with E-state index in [4.69, 9.17) is 14.2 Å². The summed E-state index contributed by atoms with van der Waals surface area (Å²) in [6.07, 6.45) is 4.97. The van der Waals surface area contributed by atoms with Gasteiger partial charge in [-0.05, 0) is 56.1 Å². The molecule has 12 nitrogen and oxygen atoms in total. The summed E-state index contributed by atoms with van der Waals surface area (Å²) in [6.45, 7) is 4.79. The Morgan fingerprint density at radius 2 is 1.90 bits per heavy atom. The van der Waals surface area contributed by atoms with Gasteiger partial charge in [-0.3, -0.25) is 14.4 Å². The minimum Gasteiger partial charge on any atom is -0.435 e. The molecular weight excluding hydrogens is 540 g/mol. The van der Waals surface area contributed by atoms with Crippen molar-refractivity contribution < 1.29 is 28.6 Å². The third-order valence-electron chi connectivity index (χ3n) is 7.22. The zero-order valence-electron chi connectivity index (χ0n) is 24.1. The number of piperidine rings is 1. The van der Waals surface area contributed by atoms with E-state index < -0.39 is 18.4 Å². The number of fused-ring (bicyclic) bond motifs is 1. The first-order valence-electron chi connectivity index (χ1n) is 13.9. The van der Waals surface area contributed by atoms with Crippen LogP contribution in [0, 0.1) is 0 Å². The number of carbonyl (C=O) groups excluding carboxylic acids is 3. The zero-order chi connectivity index (χ0) is 29.8. The van der Waals surface area contributed by atoms with Gasteiger partial charge >= 0.3 is 12.1 Å². The Bertz CT molecular complexity index is 1590. The van der Waals surface area contributed by atoms with E-state index in [1.165, 1.54) is 11.6 Å². The molecule has 0 spiro atoms. The molecule has 1 fully saturated rings. The van der Waals surface area contributed by atoms with Crippen molar-refractivity contribution in [2.24, 2.45) is 14.1 Å². The van der Waals surface area contributed by atoms with Crippen LogP contribution < -0.4 is 10.2 Å². The topological polar surface area (TPSA) is 130 Å². The summed E-state index contributed by atoms with van der Waals surface area (Å²) in [6, 6.07) is 10.9. The lowest BCUT2D eigenvalue weighted by atomic mass is 10.0. The fraction of sp³-hybridized carbons (Fsp3) is 0.367. The molecule has 1 amide bonds. The Kier molecular flexibility index (Phi) is 8.53. The van der Waals surface area contributed by atoms with Crippen molar-refractivity contribution in [3.63, 3.8) is 0 Å². The Hall–Kier alpha value is -4.71. The Morgan fingerprint density at radius 1 is 1.12 bits per heavy atom. The summed E-state index contributed by atoms with van der Waals surface area (Å²) >= 11 is 0. The molecule has 1 unspecified atom stereocenters. The number of pyridine rings is 1. The van der Waals surface area contributed by atoms with E-state index in [1.807, 2.05) is 29.9 Å². The van der Waals surface area contributed by atoms with Crippen molar-refractivity contribution >= 4 is 34.8 Å². The summed E-state index contributed by atoms with van der Waals surface area (Å²) in [5.41, 5.74) is 2.73. The van der Waals surface area contributed by atoms with Gasteiger partial charge in [-0.1, -0.05) is 12.1 Å². The van der Waals surface area contributed by atoms with Crippen LogP contribution in [0.3, 0.4) is 0 Å². The van der Waals surface area contributed by atoms with Gasteiger partial charge in [0.25, 0.3) is 5.91 Å². The molecule has 1 aromatic carbocycles. The molecule has 5 rings (SSSR count). The highest BCUT2D eigenvalue weighted by atomic mass is 16.8. The van der Waals surface area contributed by atoms with E-state index in [0.29, 0.717) is 29.1 Å². The Balaban J connectivity index is 1.42. The number of esters is 1. The molecule has 4 heterocycles. The number of aromatic nitrogens is 4. The molecule has 1 aliphatic heterocycles. The molecule has 0 radical (unpaired) electrons. The quantitative estimate of drug-likeness (QED) is 0.245. The lowest BCUT2D eigenvalue weighted by molar-refractivity contribution is -0.0815. The lowest BCUT2D eigenvalue weighted by Crippen LogP contribution is -2.49. The normalized spacial score (nSPS) is 15.7. The summed E-state index contributed by atoms with van der Waals surface area (Å²) < 4.78 is 18.3. The van der Waals surface area contributed by atoms with Gasteiger partial charge in [-0.25, -0.2) is 14.6 Å². The first-order valence-corrected chi connectivity index (χ1v) is 13.9. The molecular formula is C30H34N6O6. The zero-order valence-corrected chi connectivity index (χ0v) is 24.1. The second-order valence-electron chi connectivity index (χ2n) is 10.1. The van der Waals surface area contributed by atoms with Gasteiger partial charge in [-0.2, -0.15) is 5.10 Å². The van der Waals surface area contributed by atoms with Crippen molar-refractivity contribution in [2.45, 2.75) is 39.0 Å². The van der Waals surface area contributed by atoms with E-state index in [1.54, 1.807) is 55.5 Å². The number of aryl methyl sites for hydroxylation is 2. The number of amides is 1. The molecule has 3 aromatic heterocycles. The van der Waals surface area contributed by atoms with Gasteiger partial charge in [0, 0.05) is 56.5 Å². The average molecular weight is 575 g/mol. The van der Waals surface area contributed by atoms with Crippen LogP contribution in [0.25, 0.3) is 22.0 Å². The maximum Gasteiger partial charge on any atom is 0.511 e. The van der Waals surface area contributed by atoms with Gasteiger partial charge in [0.05, 0.1) is 24.4 Å². The Morgan fingerprint density at radius 3 is 2.62 bits per heavy atom. The fourth-order valence-corrected chi connectivity index (χ4v) is 5.23. The third-order valence-corrected chi connectivity index (χ3v) is 7.22. The van der Waals surface area contributed by atoms with Crippen molar-refractivity contribution in [2.75, 3.05) is 24.6 Å². The minimum atomic E-state index is -1.16. The second kappa shape index (κ2) is 12.4. The highest BCUT2D eigenvalue weighted by Gasteiger charge is 2.31. The number of ether oxygens (including phenoxy) is 3. The summed E-state index contributed by atoms with van der Waals surface area (Å²) in [7, 11) is 3.56. The highest BCUT2D eigenvalue weighted by Crippen LogP contribution is 2.31. The number of carbonyl (C=O) groups is 3. The number of hydrogen-bond acceptors (Lipinski definition) is 9. The molecule has 0 aliphatic carbocycles. The third kappa shape index (κ3) is 5.84. The molecule has 220 valence electrons. The molecule has 12 heteroatoms. The predicted octanol–water partition coefficient (Wildman–Crippen LogP) is 4.05. The highest BCUT2D eigenvalue weighted by molar-refractivity contribution is 6.10. The van der Waals surface area contributed by atoms with E-state index in [-0.39, 0.29) is 24.2 Å². The van der Waals surface area contributed by atoms with Crippen LogP contribution in [0.5, 0.6) is 0 Å². The molecule has 1 saturated heterocycles. The van der Waals surface area contributed by atoms with Crippen LogP contribution in [-0.4, -0.2) is 69.4 Å². The standard InChI is InChI=1S/C30H34N6O6/c1-5-40-30(39)42-19(2)41-29(38)26-24(18-33-35(26)4)20-8-10-22(11-9-20)28(37)36(23-7-6-14-31-17-23)27-25-21(12-15-32-27)13-16-34(25)3/h8-13,15-16,18-19,23,31H,5-7,14,17H2,1-4H3/t19?,23-/m1/s1. The number of nitrogens with one attached hydrogen (secondary N) is 1. The molecule has 1 N–H and O–H groups in total. The number of rotatable bonds is 8.